The fourth-order valence-corrected chi connectivity index (χ4v) is 1.61. The Morgan fingerprint density at radius 1 is 1.33 bits per heavy atom. The Hall–Kier alpha value is -0.570. The Bertz CT molecular complexity index is 166. The lowest BCUT2D eigenvalue weighted by Gasteiger charge is -2.23. The molecule has 1 rings (SSSR count). The third-order valence-electron chi connectivity index (χ3n) is 2.47. The van der Waals surface area contributed by atoms with Gasteiger partial charge in [-0.1, -0.05) is 5.16 Å². The van der Waals surface area contributed by atoms with Crippen molar-refractivity contribution in [2.75, 3.05) is 13.1 Å². The SMILES string of the molecule is CC(C)N1CCCC(=NO)CC1. The first kappa shape index (κ1) is 9.52. The average molecular weight is 170 g/mol. The van der Waals surface area contributed by atoms with Crippen molar-refractivity contribution in [2.24, 2.45) is 5.16 Å². The molecule has 1 aliphatic heterocycles. The van der Waals surface area contributed by atoms with E-state index in [0.29, 0.717) is 6.04 Å². The Kier molecular flexibility index (Phi) is 3.53. The number of oxime groups is 1. The molecule has 0 aromatic rings. The number of nitrogens with zero attached hydrogens (tertiary/aromatic N) is 2. The van der Waals surface area contributed by atoms with E-state index in [1.807, 2.05) is 0 Å². The van der Waals surface area contributed by atoms with Gasteiger partial charge in [0.05, 0.1) is 5.71 Å². The Labute approximate surface area is 74.1 Å². The molecule has 1 heterocycles. The van der Waals surface area contributed by atoms with Crippen LogP contribution in [-0.2, 0) is 0 Å². The molecule has 0 bridgehead atoms. The molecule has 0 aromatic carbocycles. The zero-order valence-electron chi connectivity index (χ0n) is 7.95. The van der Waals surface area contributed by atoms with Gasteiger partial charge < -0.3 is 10.1 Å². The van der Waals surface area contributed by atoms with E-state index in [9.17, 15) is 0 Å². The second-order valence-corrected chi connectivity index (χ2v) is 3.65. The third kappa shape index (κ3) is 2.48. The molecule has 1 fully saturated rings. The van der Waals surface area contributed by atoms with Gasteiger partial charge in [0, 0.05) is 19.0 Å². The molecular weight excluding hydrogens is 152 g/mol. The summed E-state index contributed by atoms with van der Waals surface area (Å²) < 4.78 is 0. The van der Waals surface area contributed by atoms with Crippen LogP contribution in [0, 0.1) is 0 Å². The Balaban J connectivity index is 2.44. The summed E-state index contributed by atoms with van der Waals surface area (Å²) in [5.41, 5.74) is 0.957. The number of hydrogen-bond donors (Lipinski definition) is 1. The molecule has 0 saturated carbocycles. The van der Waals surface area contributed by atoms with Gasteiger partial charge in [-0.25, -0.2) is 0 Å². The van der Waals surface area contributed by atoms with Gasteiger partial charge >= 0.3 is 0 Å². The molecule has 0 radical (unpaired) electrons. The first-order chi connectivity index (χ1) is 5.74. The van der Waals surface area contributed by atoms with E-state index in [0.717, 1.165) is 38.1 Å². The predicted octanol–water partition coefficient (Wildman–Crippen LogP) is 1.71. The molecule has 12 heavy (non-hydrogen) atoms. The maximum absolute atomic E-state index is 8.61. The molecule has 0 aromatic heterocycles. The van der Waals surface area contributed by atoms with Gasteiger partial charge in [-0.15, -0.1) is 0 Å². The molecule has 3 heteroatoms. The second-order valence-electron chi connectivity index (χ2n) is 3.65. The summed E-state index contributed by atoms with van der Waals surface area (Å²) in [6.07, 6.45) is 3.01. The van der Waals surface area contributed by atoms with Crippen LogP contribution in [0.4, 0.5) is 0 Å². The quantitative estimate of drug-likeness (QED) is 0.480. The summed E-state index contributed by atoms with van der Waals surface area (Å²) in [5.74, 6) is 0. The van der Waals surface area contributed by atoms with Gasteiger partial charge in [-0.05, 0) is 33.2 Å². The first-order valence-corrected chi connectivity index (χ1v) is 4.68. The number of likely N-dealkylation sites (tertiary alicyclic amines) is 1. The van der Waals surface area contributed by atoms with Crippen LogP contribution in [-0.4, -0.2) is 35.0 Å². The first-order valence-electron chi connectivity index (χ1n) is 4.68. The lowest BCUT2D eigenvalue weighted by molar-refractivity contribution is 0.233. The van der Waals surface area contributed by atoms with Crippen LogP contribution < -0.4 is 0 Å². The van der Waals surface area contributed by atoms with E-state index in [4.69, 9.17) is 5.21 Å². The van der Waals surface area contributed by atoms with Gasteiger partial charge in [0.2, 0.25) is 0 Å². The molecule has 0 amide bonds. The van der Waals surface area contributed by atoms with Crippen LogP contribution in [0.25, 0.3) is 0 Å². The van der Waals surface area contributed by atoms with Crippen molar-refractivity contribution >= 4 is 5.71 Å². The van der Waals surface area contributed by atoms with Gasteiger partial charge in [-0.2, -0.15) is 0 Å². The van der Waals surface area contributed by atoms with Crippen LogP contribution in [0.1, 0.15) is 33.1 Å². The molecule has 0 atom stereocenters. The summed E-state index contributed by atoms with van der Waals surface area (Å²) in [7, 11) is 0. The highest BCUT2D eigenvalue weighted by molar-refractivity contribution is 5.84. The minimum atomic E-state index is 0.614. The largest absolute Gasteiger partial charge is 0.411 e. The highest BCUT2D eigenvalue weighted by atomic mass is 16.4. The van der Waals surface area contributed by atoms with Crippen LogP contribution in [0.2, 0.25) is 0 Å². The normalized spacial score (nSPS) is 24.8. The van der Waals surface area contributed by atoms with Crippen LogP contribution in [0.15, 0.2) is 5.16 Å². The molecule has 0 spiro atoms. The lowest BCUT2D eigenvalue weighted by Crippen LogP contribution is -2.31. The molecular formula is C9H18N2O. The second kappa shape index (κ2) is 4.45. The van der Waals surface area contributed by atoms with Crippen LogP contribution >= 0.6 is 0 Å². The fraction of sp³-hybridized carbons (Fsp3) is 0.889. The average Bonchev–Trinajstić information content (AvgIpc) is 2.28. The number of rotatable bonds is 1. The van der Waals surface area contributed by atoms with Crippen molar-refractivity contribution < 1.29 is 5.21 Å². The number of hydrogen-bond acceptors (Lipinski definition) is 3. The highest BCUT2D eigenvalue weighted by Crippen LogP contribution is 2.10. The van der Waals surface area contributed by atoms with E-state index in [1.54, 1.807) is 0 Å². The molecule has 0 aliphatic carbocycles. The summed E-state index contributed by atoms with van der Waals surface area (Å²) in [6.45, 7) is 6.59. The van der Waals surface area contributed by atoms with E-state index in [-0.39, 0.29) is 0 Å². The zero-order valence-corrected chi connectivity index (χ0v) is 7.95. The maximum Gasteiger partial charge on any atom is 0.0584 e. The molecule has 3 nitrogen and oxygen atoms in total. The summed E-state index contributed by atoms with van der Waals surface area (Å²) in [5, 5.41) is 11.9. The minimum absolute atomic E-state index is 0.614. The van der Waals surface area contributed by atoms with Gasteiger partial charge in [-0.3, -0.25) is 0 Å². The van der Waals surface area contributed by atoms with Gasteiger partial charge in [0.15, 0.2) is 0 Å². The Morgan fingerprint density at radius 2 is 2.08 bits per heavy atom. The molecule has 1 saturated heterocycles. The summed E-state index contributed by atoms with van der Waals surface area (Å²) in [6, 6.07) is 0.614. The maximum atomic E-state index is 8.61. The Morgan fingerprint density at radius 3 is 2.67 bits per heavy atom. The molecule has 1 aliphatic rings. The molecule has 1 N–H and O–H groups in total. The van der Waals surface area contributed by atoms with E-state index in [2.05, 4.69) is 23.9 Å². The highest BCUT2D eigenvalue weighted by Gasteiger charge is 2.14. The fourth-order valence-electron chi connectivity index (χ4n) is 1.61. The van der Waals surface area contributed by atoms with Gasteiger partial charge in [0.1, 0.15) is 0 Å². The van der Waals surface area contributed by atoms with E-state index in [1.165, 1.54) is 0 Å². The topological polar surface area (TPSA) is 35.8 Å². The lowest BCUT2D eigenvalue weighted by atomic mass is 10.2. The van der Waals surface area contributed by atoms with Crippen molar-refractivity contribution in [3.63, 3.8) is 0 Å². The predicted molar refractivity (Wildman–Crippen MR) is 49.8 cm³/mol. The third-order valence-corrected chi connectivity index (χ3v) is 2.47. The molecule has 0 unspecified atom stereocenters. The van der Waals surface area contributed by atoms with Crippen molar-refractivity contribution in [2.45, 2.75) is 39.2 Å². The monoisotopic (exact) mass is 170 g/mol. The smallest absolute Gasteiger partial charge is 0.0584 e. The minimum Gasteiger partial charge on any atom is -0.411 e. The van der Waals surface area contributed by atoms with Gasteiger partial charge in [0.25, 0.3) is 0 Å². The van der Waals surface area contributed by atoms with Crippen molar-refractivity contribution in [3.05, 3.63) is 0 Å². The van der Waals surface area contributed by atoms with E-state index >= 15 is 0 Å². The van der Waals surface area contributed by atoms with Crippen molar-refractivity contribution in [1.29, 1.82) is 0 Å². The summed E-state index contributed by atoms with van der Waals surface area (Å²) >= 11 is 0. The van der Waals surface area contributed by atoms with Crippen LogP contribution in [0.5, 0.6) is 0 Å². The van der Waals surface area contributed by atoms with Crippen molar-refractivity contribution in [3.8, 4) is 0 Å². The summed E-state index contributed by atoms with van der Waals surface area (Å²) in [4.78, 5) is 2.43. The standard InChI is InChI=1S/C9H18N2O/c1-8(2)11-6-3-4-9(10-12)5-7-11/h8,12H,3-7H2,1-2H3. The zero-order chi connectivity index (χ0) is 8.97. The van der Waals surface area contributed by atoms with Crippen molar-refractivity contribution in [1.82, 2.24) is 4.90 Å². The van der Waals surface area contributed by atoms with E-state index < -0.39 is 0 Å². The van der Waals surface area contributed by atoms with Crippen LogP contribution in [0.3, 0.4) is 0 Å². The molecule has 70 valence electrons.